The van der Waals surface area contributed by atoms with Crippen LogP contribution in [0, 0.1) is 5.82 Å². The standard InChI is InChI=1S/C19H20FNO3S/c1-12(2)25-16-9-5-14(6-10-16)19(24)21-17(11-18(22)23)13-3-7-15(20)8-4-13/h3-10,12,17H,11H2,1-2H3,(H,21,24)(H,22,23). The predicted octanol–water partition coefficient (Wildman–Crippen LogP) is 4.27. The van der Waals surface area contributed by atoms with Crippen LogP contribution in [0.1, 0.15) is 42.2 Å². The lowest BCUT2D eigenvalue weighted by atomic mass is 10.0. The van der Waals surface area contributed by atoms with Crippen molar-refractivity contribution in [1.29, 1.82) is 0 Å². The molecule has 0 aliphatic heterocycles. The lowest BCUT2D eigenvalue weighted by Gasteiger charge is -2.17. The van der Waals surface area contributed by atoms with Crippen molar-refractivity contribution in [3.05, 3.63) is 65.5 Å². The quantitative estimate of drug-likeness (QED) is 0.723. The zero-order valence-corrected chi connectivity index (χ0v) is 14.8. The van der Waals surface area contributed by atoms with Gasteiger partial charge in [0.25, 0.3) is 5.91 Å². The van der Waals surface area contributed by atoms with Gasteiger partial charge in [-0.05, 0) is 42.0 Å². The summed E-state index contributed by atoms with van der Waals surface area (Å²) in [5.74, 6) is -1.82. The fourth-order valence-electron chi connectivity index (χ4n) is 2.32. The molecular weight excluding hydrogens is 341 g/mol. The fraction of sp³-hybridized carbons (Fsp3) is 0.263. The highest BCUT2D eigenvalue weighted by atomic mass is 32.2. The first-order chi connectivity index (χ1) is 11.8. The lowest BCUT2D eigenvalue weighted by molar-refractivity contribution is -0.137. The van der Waals surface area contributed by atoms with Crippen LogP contribution in [0.25, 0.3) is 0 Å². The van der Waals surface area contributed by atoms with Crippen molar-refractivity contribution in [3.63, 3.8) is 0 Å². The molecule has 6 heteroatoms. The molecule has 25 heavy (non-hydrogen) atoms. The van der Waals surface area contributed by atoms with E-state index in [9.17, 15) is 14.0 Å². The Hall–Kier alpha value is -2.34. The van der Waals surface area contributed by atoms with Gasteiger partial charge in [0.05, 0.1) is 12.5 Å². The van der Waals surface area contributed by atoms with Crippen LogP contribution in [-0.2, 0) is 4.79 Å². The summed E-state index contributed by atoms with van der Waals surface area (Å²) in [6.45, 7) is 4.18. The Morgan fingerprint density at radius 3 is 2.20 bits per heavy atom. The monoisotopic (exact) mass is 361 g/mol. The van der Waals surface area contributed by atoms with Crippen molar-refractivity contribution in [2.45, 2.75) is 36.5 Å². The summed E-state index contributed by atoms with van der Waals surface area (Å²) < 4.78 is 13.1. The summed E-state index contributed by atoms with van der Waals surface area (Å²) in [5.41, 5.74) is 0.995. The lowest BCUT2D eigenvalue weighted by Crippen LogP contribution is -2.30. The normalized spacial score (nSPS) is 12.0. The van der Waals surface area contributed by atoms with Crippen molar-refractivity contribution in [2.75, 3.05) is 0 Å². The van der Waals surface area contributed by atoms with Gasteiger partial charge in [-0.15, -0.1) is 11.8 Å². The molecule has 2 aromatic carbocycles. The molecule has 0 radical (unpaired) electrons. The molecule has 132 valence electrons. The van der Waals surface area contributed by atoms with Crippen LogP contribution >= 0.6 is 11.8 Å². The predicted molar refractivity (Wildman–Crippen MR) is 96.3 cm³/mol. The van der Waals surface area contributed by atoms with E-state index in [0.717, 1.165) is 4.90 Å². The molecule has 0 aromatic heterocycles. The van der Waals surface area contributed by atoms with E-state index < -0.39 is 17.8 Å². The van der Waals surface area contributed by atoms with Crippen LogP contribution in [0.15, 0.2) is 53.4 Å². The second-order valence-corrected chi connectivity index (χ2v) is 7.52. The third-order valence-electron chi connectivity index (χ3n) is 3.44. The number of rotatable bonds is 7. The molecule has 2 aromatic rings. The first kappa shape index (κ1) is 19.0. The molecule has 0 saturated carbocycles. The largest absolute Gasteiger partial charge is 0.481 e. The zero-order valence-electron chi connectivity index (χ0n) is 14.0. The van der Waals surface area contributed by atoms with E-state index in [-0.39, 0.29) is 12.3 Å². The molecular formula is C19H20FNO3S. The number of carbonyl (C=O) groups excluding carboxylic acids is 1. The van der Waals surface area contributed by atoms with E-state index in [1.54, 1.807) is 23.9 Å². The van der Waals surface area contributed by atoms with Crippen molar-refractivity contribution < 1.29 is 19.1 Å². The average molecular weight is 361 g/mol. The minimum Gasteiger partial charge on any atom is -0.481 e. The summed E-state index contributed by atoms with van der Waals surface area (Å²) in [7, 11) is 0. The molecule has 1 amide bonds. The van der Waals surface area contributed by atoms with Gasteiger partial charge in [0.1, 0.15) is 5.82 Å². The second kappa shape index (κ2) is 8.67. The molecule has 0 heterocycles. The molecule has 2 N–H and O–H groups in total. The number of amides is 1. The third-order valence-corrected chi connectivity index (χ3v) is 4.46. The van der Waals surface area contributed by atoms with Crippen LogP contribution in [0.4, 0.5) is 4.39 Å². The summed E-state index contributed by atoms with van der Waals surface area (Å²) in [6.07, 6.45) is -0.279. The number of carboxylic acid groups (broad SMARTS) is 1. The maximum atomic E-state index is 13.1. The molecule has 1 atom stereocenters. The van der Waals surface area contributed by atoms with Gasteiger partial charge in [-0.3, -0.25) is 9.59 Å². The third kappa shape index (κ3) is 5.90. The first-order valence-electron chi connectivity index (χ1n) is 7.90. The molecule has 4 nitrogen and oxygen atoms in total. The minimum absolute atomic E-state index is 0.279. The fourth-order valence-corrected chi connectivity index (χ4v) is 3.16. The van der Waals surface area contributed by atoms with Crippen molar-refractivity contribution in [2.24, 2.45) is 0 Å². The average Bonchev–Trinajstić information content (AvgIpc) is 2.54. The van der Waals surface area contributed by atoms with Crippen LogP contribution in [-0.4, -0.2) is 22.2 Å². The van der Waals surface area contributed by atoms with Gasteiger partial charge in [0.2, 0.25) is 0 Å². The van der Waals surface area contributed by atoms with E-state index in [1.807, 2.05) is 12.1 Å². The van der Waals surface area contributed by atoms with Crippen molar-refractivity contribution in [1.82, 2.24) is 5.32 Å². The van der Waals surface area contributed by atoms with Gasteiger partial charge in [0.15, 0.2) is 0 Å². The number of thioether (sulfide) groups is 1. The van der Waals surface area contributed by atoms with E-state index in [1.165, 1.54) is 24.3 Å². The van der Waals surface area contributed by atoms with Gasteiger partial charge >= 0.3 is 5.97 Å². The molecule has 1 unspecified atom stereocenters. The number of aliphatic carboxylic acids is 1. The molecule has 0 aliphatic carbocycles. The van der Waals surface area contributed by atoms with Gasteiger partial charge in [-0.2, -0.15) is 0 Å². The van der Waals surface area contributed by atoms with Gasteiger partial charge < -0.3 is 10.4 Å². The van der Waals surface area contributed by atoms with Crippen molar-refractivity contribution in [3.8, 4) is 0 Å². The second-order valence-electron chi connectivity index (χ2n) is 5.87. The number of carbonyl (C=O) groups is 2. The van der Waals surface area contributed by atoms with Crippen LogP contribution in [0.3, 0.4) is 0 Å². The van der Waals surface area contributed by atoms with Crippen LogP contribution < -0.4 is 5.32 Å². The Labute approximate surface area is 150 Å². The number of hydrogen-bond donors (Lipinski definition) is 2. The SMILES string of the molecule is CC(C)Sc1ccc(C(=O)NC(CC(=O)O)c2ccc(F)cc2)cc1. The van der Waals surface area contributed by atoms with Gasteiger partial charge in [-0.25, -0.2) is 4.39 Å². The first-order valence-corrected chi connectivity index (χ1v) is 8.78. The topological polar surface area (TPSA) is 66.4 Å². The number of carboxylic acids is 1. The Kier molecular flexibility index (Phi) is 6.58. The van der Waals surface area contributed by atoms with E-state index in [4.69, 9.17) is 5.11 Å². The zero-order chi connectivity index (χ0) is 18.4. The van der Waals surface area contributed by atoms with E-state index >= 15 is 0 Å². The Bertz CT molecular complexity index is 729. The number of nitrogens with one attached hydrogen (secondary N) is 1. The summed E-state index contributed by atoms with van der Waals surface area (Å²) in [5, 5.41) is 12.2. The molecule has 0 aliphatic rings. The molecule has 0 spiro atoms. The highest BCUT2D eigenvalue weighted by molar-refractivity contribution is 7.99. The number of benzene rings is 2. The Morgan fingerprint density at radius 1 is 1.08 bits per heavy atom. The summed E-state index contributed by atoms with van der Waals surface area (Å²) in [4.78, 5) is 24.6. The molecule has 0 bridgehead atoms. The minimum atomic E-state index is -1.04. The van der Waals surface area contributed by atoms with E-state index in [2.05, 4.69) is 19.2 Å². The van der Waals surface area contributed by atoms with Crippen LogP contribution in [0.5, 0.6) is 0 Å². The highest BCUT2D eigenvalue weighted by Crippen LogP contribution is 2.23. The maximum absolute atomic E-state index is 13.1. The summed E-state index contributed by atoms with van der Waals surface area (Å²) >= 11 is 1.69. The van der Waals surface area contributed by atoms with Gasteiger partial charge in [-0.1, -0.05) is 26.0 Å². The Balaban J connectivity index is 2.13. The highest BCUT2D eigenvalue weighted by Gasteiger charge is 2.19. The Morgan fingerprint density at radius 2 is 1.68 bits per heavy atom. The van der Waals surface area contributed by atoms with Crippen molar-refractivity contribution >= 4 is 23.6 Å². The number of halogens is 1. The molecule has 0 saturated heterocycles. The summed E-state index contributed by atoms with van der Waals surface area (Å²) in [6, 6.07) is 11.9. The van der Waals surface area contributed by atoms with Gasteiger partial charge in [0, 0.05) is 15.7 Å². The maximum Gasteiger partial charge on any atom is 0.305 e. The van der Waals surface area contributed by atoms with E-state index in [0.29, 0.717) is 16.4 Å². The number of hydrogen-bond acceptors (Lipinski definition) is 3. The molecule has 0 fully saturated rings. The smallest absolute Gasteiger partial charge is 0.305 e. The molecule has 2 rings (SSSR count). The van der Waals surface area contributed by atoms with Crippen LogP contribution in [0.2, 0.25) is 0 Å².